The molecule has 0 radical (unpaired) electrons. The monoisotopic (exact) mass is 382 g/mol. The normalized spacial score (nSPS) is 19.4. The molecule has 0 unspecified atom stereocenters. The van der Waals surface area contributed by atoms with Crippen molar-refractivity contribution in [3.63, 3.8) is 0 Å². The van der Waals surface area contributed by atoms with Crippen molar-refractivity contribution < 1.29 is 9.59 Å². The number of H-pyrrole nitrogens is 1. The van der Waals surface area contributed by atoms with Crippen molar-refractivity contribution >= 4 is 28.8 Å². The topological polar surface area (TPSA) is 94.2 Å². The molecule has 1 saturated heterocycles. The van der Waals surface area contributed by atoms with Gasteiger partial charge in [-0.2, -0.15) is 0 Å². The number of nitrogens with zero attached hydrogens (tertiary/aromatic N) is 4. The molecule has 0 atom stereocenters. The van der Waals surface area contributed by atoms with Crippen molar-refractivity contribution in [3.05, 3.63) is 30.6 Å². The molecule has 148 valence electrons. The van der Waals surface area contributed by atoms with Crippen LogP contribution in [0.15, 0.2) is 25.0 Å². The summed E-state index contributed by atoms with van der Waals surface area (Å²) in [6.45, 7) is 9.51. The van der Waals surface area contributed by atoms with E-state index in [9.17, 15) is 9.59 Å². The number of anilines is 1. The lowest BCUT2D eigenvalue weighted by molar-refractivity contribution is -0.131. The number of rotatable bonds is 4. The van der Waals surface area contributed by atoms with Gasteiger partial charge in [0, 0.05) is 31.9 Å². The molecule has 0 aromatic carbocycles. The minimum atomic E-state index is -0.358. The number of aromatic nitrogens is 3. The Balaban J connectivity index is 1.57. The molecule has 2 aromatic heterocycles. The van der Waals surface area contributed by atoms with Gasteiger partial charge in [-0.05, 0) is 39.2 Å². The average Bonchev–Trinajstić information content (AvgIpc) is 3.06. The molecule has 8 heteroatoms. The molecule has 28 heavy (non-hydrogen) atoms. The molecular weight excluding hydrogens is 356 g/mol. The predicted octanol–water partition coefficient (Wildman–Crippen LogP) is 1.85. The zero-order chi connectivity index (χ0) is 19.9. The van der Waals surface area contributed by atoms with Crippen LogP contribution in [0.5, 0.6) is 0 Å². The van der Waals surface area contributed by atoms with E-state index in [1.165, 1.54) is 12.5 Å². The highest BCUT2D eigenvalue weighted by Gasteiger charge is 2.36. The molecule has 0 bridgehead atoms. The number of hydrogen-bond acceptors (Lipinski definition) is 5. The number of piperazine rings is 1. The highest BCUT2D eigenvalue weighted by Crippen LogP contribution is 2.26. The summed E-state index contributed by atoms with van der Waals surface area (Å²) in [6.07, 6.45) is 7.98. The summed E-state index contributed by atoms with van der Waals surface area (Å²) in [5.74, 6) is 0.541. The maximum absolute atomic E-state index is 12.6. The van der Waals surface area contributed by atoms with Gasteiger partial charge in [-0.25, -0.2) is 9.97 Å². The van der Waals surface area contributed by atoms with E-state index in [-0.39, 0.29) is 23.4 Å². The van der Waals surface area contributed by atoms with Crippen LogP contribution in [-0.4, -0.2) is 62.9 Å². The molecular formula is C20H26N6O2. The van der Waals surface area contributed by atoms with Crippen LogP contribution in [0.2, 0.25) is 0 Å². The summed E-state index contributed by atoms with van der Waals surface area (Å²) in [4.78, 5) is 40.9. The summed E-state index contributed by atoms with van der Waals surface area (Å²) >= 11 is 0. The molecule has 2 fully saturated rings. The van der Waals surface area contributed by atoms with E-state index >= 15 is 0 Å². The van der Waals surface area contributed by atoms with Gasteiger partial charge < -0.3 is 20.1 Å². The second kappa shape index (κ2) is 6.92. The molecule has 3 heterocycles. The van der Waals surface area contributed by atoms with E-state index in [1.807, 2.05) is 18.7 Å². The van der Waals surface area contributed by atoms with Gasteiger partial charge >= 0.3 is 0 Å². The predicted molar refractivity (Wildman–Crippen MR) is 107 cm³/mol. The third kappa shape index (κ3) is 3.23. The molecule has 2 amide bonds. The molecule has 2 aliphatic rings. The van der Waals surface area contributed by atoms with E-state index in [1.54, 1.807) is 12.4 Å². The second-order valence-electron chi connectivity index (χ2n) is 8.16. The van der Waals surface area contributed by atoms with Crippen LogP contribution >= 0.6 is 0 Å². The van der Waals surface area contributed by atoms with E-state index in [0.717, 1.165) is 12.8 Å². The van der Waals surface area contributed by atoms with Crippen molar-refractivity contribution in [3.8, 4) is 0 Å². The largest absolute Gasteiger partial charge is 0.351 e. The van der Waals surface area contributed by atoms with Crippen LogP contribution in [0.25, 0.3) is 11.2 Å². The Bertz CT molecular complexity index is 930. The van der Waals surface area contributed by atoms with E-state index in [2.05, 4.69) is 26.8 Å². The average molecular weight is 382 g/mol. The van der Waals surface area contributed by atoms with Crippen LogP contribution in [-0.2, 0) is 4.79 Å². The van der Waals surface area contributed by atoms with Gasteiger partial charge in [0.2, 0.25) is 5.91 Å². The summed E-state index contributed by atoms with van der Waals surface area (Å²) in [7, 11) is 0. The number of carbonyl (C=O) groups is 2. The van der Waals surface area contributed by atoms with Crippen LogP contribution in [0.4, 0.5) is 5.82 Å². The van der Waals surface area contributed by atoms with Gasteiger partial charge in [0.15, 0.2) is 5.65 Å². The quantitative estimate of drug-likeness (QED) is 0.787. The molecule has 4 rings (SSSR count). The van der Waals surface area contributed by atoms with Crippen molar-refractivity contribution in [1.82, 2.24) is 25.2 Å². The van der Waals surface area contributed by atoms with Crippen molar-refractivity contribution in [2.75, 3.05) is 24.5 Å². The van der Waals surface area contributed by atoms with Crippen LogP contribution < -0.4 is 10.2 Å². The molecule has 0 spiro atoms. The van der Waals surface area contributed by atoms with Crippen molar-refractivity contribution in [2.24, 2.45) is 0 Å². The van der Waals surface area contributed by atoms with Gasteiger partial charge in [0.1, 0.15) is 11.3 Å². The van der Waals surface area contributed by atoms with Crippen molar-refractivity contribution in [1.29, 1.82) is 0 Å². The van der Waals surface area contributed by atoms with E-state index < -0.39 is 0 Å². The fourth-order valence-electron chi connectivity index (χ4n) is 3.89. The Morgan fingerprint density at radius 2 is 2.14 bits per heavy atom. The van der Waals surface area contributed by atoms with E-state index in [0.29, 0.717) is 42.2 Å². The molecule has 1 saturated carbocycles. The summed E-state index contributed by atoms with van der Waals surface area (Å²) < 4.78 is 0. The first kappa shape index (κ1) is 18.5. The zero-order valence-corrected chi connectivity index (χ0v) is 16.4. The van der Waals surface area contributed by atoms with Crippen LogP contribution in [0, 0.1) is 0 Å². The zero-order valence-electron chi connectivity index (χ0n) is 16.4. The third-order valence-electron chi connectivity index (χ3n) is 5.72. The summed E-state index contributed by atoms with van der Waals surface area (Å²) in [5.41, 5.74) is 1.35. The number of hydrogen-bond donors (Lipinski definition) is 2. The molecule has 1 aliphatic heterocycles. The fourth-order valence-corrected chi connectivity index (χ4v) is 3.89. The Labute approximate surface area is 164 Å². The number of amides is 2. The van der Waals surface area contributed by atoms with Crippen LogP contribution in [0.3, 0.4) is 0 Å². The first-order valence-electron chi connectivity index (χ1n) is 9.73. The molecule has 1 aliphatic carbocycles. The first-order chi connectivity index (χ1) is 13.4. The Morgan fingerprint density at radius 1 is 1.36 bits per heavy atom. The maximum atomic E-state index is 12.6. The first-order valence-corrected chi connectivity index (χ1v) is 9.73. The number of nitrogens with one attached hydrogen (secondary N) is 2. The lowest BCUT2D eigenvalue weighted by Gasteiger charge is -2.47. The number of aromatic amines is 1. The van der Waals surface area contributed by atoms with Gasteiger partial charge in [0.25, 0.3) is 5.91 Å². The lowest BCUT2D eigenvalue weighted by Crippen LogP contribution is -2.61. The fraction of sp³-hybridized carbons (Fsp3) is 0.500. The second-order valence-corrected chi connectivity index (χ2v) is 8.16. The summed E-state index contributed by atoms with van der Waals surface area (Å²) in [6, 6.07) is 0.268. The maximum Gasteiger partial charge on any atom is 0.255 e. The third-order valence-corrected chi connectivity index (χ3v) is 5.72. The molecule has 2 N–H and O–H groups in total. The minimum absolute atomic E-state index is 0.0632. The Morgan fingerprint density at radius 3 is 2.79 bits per heavy atom. The van der Waals surface area contributed by atoms with Gasteiger partial charge in [-0.1, -0.05) is 6.58 Å². The SMILES string of the molecule is C=CC(=O)N1CCN(c2cnc3[nH]cc(C(=O)NC4CCC4)c3n2)CC1(C)C. The number of carbonyl (C=O) groups excluding carboxylic acids is 2. The minimum Gasteiger partial charge on any atom is -0.351 e. The number of fused-ring (bicyclic) bond motifs is 1. The molecule has 2 aromatic rings. The van der Waals surface area contributed by atoms with Gasteiger partial charge in [0.05, 0.1) is 17.3 Å². The lowest BCUT2D eigenvalue weighted by atomic mass is 9.93. The smallest absolute Gasteiger partial charge is 0.255 e. The Kier molecular flexibility index (Phi) is 4.56. The standard InChI is InChI=1S/C20H26N6O2/c1-4-16(27)26-9-8-25(12-20(26,2)3)15-11-22-18-17(24-15)14(10-21-18)19(28)23-13-6-5-7-13/h4,10-11,13H,1,5-9,12H2,2-3H3,(H,21,22)(H,23,28). The Hall–Kier alpha value is -2.90. The van der Waals surface area contributed by atoms with Gasteiger partial charge in [-0.3, -0.25) is 9.59 Å². The highest BCUT2D eigenvalue weighted by atomic mass is 16.2. The molecule has 8 nitrogen and oxygen atoms in total. The van der Waals surface area contributed by atoms with E-state index in [4.69, 9.17) is 4.98 Å². The summed E-state index contributed by atoms with van der Waals surface area (Å²) in [5, 5.41) is 3.05. The highest BCUT2D eigenvalue weighted by molar-refractivity contribution is 6.04. The van der Waals surface area contributed by atoms with Gasteiger partial charge in [-0.15, -0.1) is 0 Å². The van der Waals surface area contributed by atoms with Crippen LogP contribution in [0.1, 0.15) is 43.5 Å². The van der Waals surface area contributed by atoms with Crippen molar-refractivity contribution in [2.45, 2.75) is 44.7 Å².